The third-order valence-electron chi connectivity index (χ3n) is 3.28. The van der Waals surface area contributed by atoms with Crippen LogP contribution in [0.3, 0.4) is 0 Å². The number of amides is 2. The number of thiazole rings is 1. The van der Waals surface area contributed by atoms with Crippen LogP contribution < -0.4 is 5.32 Å². The Morgan fingerprint density at radius 3 is 2.90 bits per heavy atom. The molecule has 0 aliphatic carbocycles. The quantitative estimate of drug-likeness (QED) is 0.888. The van der Waals surface area contributed by atoms with Crippen molar-refractivity contribution in [1.29, 1.82) is 0 Å². The average Bonchev–Trinajstić information content (AvgIpc) is 2.67. The molecule has 0 spiro atoms. The molecule has 3 rings (SSSR count). The van der Waals surface area contributed by atoms with Crippen molar-refractivity contribution in [2.75, 3.05) is 18.4 Å². The zero-order valence-electron chi connectivity index (χ0n) is 10.8. The summed E-state index contributed by atoms with van der Waals surface area (Å²) in [5.41, 5.74) is 1.99. The first kappa shape index (κ1) is 12.9. The van der Waals surface area contributed by atoms with Crippen LogP contribution in [-0.4, -0.2) is 40.1 Å². The Kier molecular flexibility index (Phi) is 3.06. The molecular weight excluding hydrogens is 278 g/mol. The maximum Gasteiger partial charge on any atom is 0.323 e. The van der Waals surface area contributed by atoms with E-state index >= 15 is 0 Å². The Morgan fingerprint density at radius 2 is 2.20 bits per heavy atom. The summed E-state index contributed by atoms with van der Waals surface area (Å²) in [5, 5.41) is 12.0. The van der Waals surface area contributed by atoms with Gasteiger partial charge >= 0.3 is 12.0 Å². The summed E-state index contributed by atoms with van der Waals surface area (Å²) >= 11 is 1.41. The molecule has 0 unspecified atom stereocenters. The fourth-order valence-corrected chi connectivity index (χ4v) is 3.01. The fourth-order valence-electron chi connectivity index (χ4n) is 2.06. The largest absolute Gasteiger partial charge is 0.481 e. The highest BCUT2D eigenvalue weighted by atomic mass is 32.1. The van der Waals surface area contributed by atoms with Crippen LogP contribution in [0.15, 0.2) is 18.2 Å². The van der Waals surface area contributed by atoms with Crippen molar-refractivity contribution in [3.63, 3.8) is 0 Å². The molecule has 0 radical (unpaired) electrons. The molecule has 2 aromatic rings. The van der Waals surface area contributed by atoms with Crippen molar-refractivity contribution in [3.05, 3.63) is 23.8 Å². The highest BCUT2D eigenvalue weighted by Gasteiger charge is 2.35. The topological polar surface area (TPSA) is 82.5 Å². The molecule has 1 aromatic heterocycles. The van der Waals surface area contributed by atoms with Crippen LogP contribution >= 0.6 is 11.3 Å². The molecule has 1 saturated heterocycles. The summed E-state index contributed by atoms with van der Waals surface area (Å²) in [6, 6.07) is 5.62. The van der Waals surface area contributed by atoms with Gasteiger partial charge in [-0.1, -0.05) is 17.4 Å². The van der Waals surface area contributed by atoms with Crippen LogP contribution in [0.4, 0.5) is 9.93 Å². The van der Waals surface area contributed by atoms with Gasteiger partial charge in [-0.15, -0.1) is 0 Å². The summed E-state index contributed by atoms with van der Waals surface area (Å²) in [7, 11) is 0. The van der Waals surface area contributed by atoms with Gasteiger partial charge in [0, 0.05) is 13.1 Å². The molecule has 6 nitrogen and oxygen atoms in total. The minimum Gasteiger partial charge on any atom is -0.481 e. The van der Waals surface area contributed by atoms with Crippen molar-refractivity contribution >= 4 is 38.7 Å². The lowest BCUT2D eigenvalue weighted by Gasteiger charge is -2.36. The third-order valence-corrected chi connectivity index (χ3v) is 4.21. The first-order chi connectivity index (χ1) is 9.52. The molecule has 2 N–H and O–H groups in total. The average molecular weight is 291 g/mol. The van der Waals surface area contributed by atoms with Gasteiger partial charge in [0.15, 0.2) is 5.13 Å². The minimum atomic E-state index is -0.857. The number of rotatable bonds is 2. The van der Waals surface area contributed by atoms with E-state index in [1.807, 2.05) is 25.1 Å². The van der Waals surface area contributed by atoms with Gasteiger partial charge < -0.3 is 10.0 Å². The second-order valence-electron chi connectivity index (χ2n) is 4.86. The van der Waals surface area contributed by atoms with Crippen molar-refractivity contribution in [3.8, 4) is 0 Å². The van der Waals surface area contributed by atoms with Gasteiger partial charge in [0.25, 0.3) is 0 Å². The number of fused-ring (bicyclic) bond motifs is 1. The summed E-state index contributed by atoms with van der Waals surface area (Å²) in [6.07, 6.45) is 0. The number of carbonyl (C=O) groups excluding carboxylic acids is 1. The van der Waals surface area contributed by atoms with E-state index in [0.717, 1.165) is 15.8 Å². The lowest BCUT2D eigenvalue weighted by molar-refractivity contribution is -0.145. The third kappa shape index (κ3) is 2.32. The molecule has 20 heavy (non-hydrogen) atoms. The Balaban J connectivity index is 1.67. The lowest BCUT2D eigenvalue weighted by Crippen LogP contribution is -2.54. The van der Waals surface area contributed by atoms with Crippen LogP contribution in [0.5, 0.6) is 0 Å². The molecular formula is C13H13N3O3S. The Morgan fingerprint density at radius 1 is 1.45 bits per heavy atom. The van der Waals surface area contributed by atoms with E-state index in [9.17, 15) is 9.59 Å². The number of nitrogens with one attached hydrogen (secondary N) is 1. The van der Waals surface area contributed by atoms with Gasteiger partial charge in [-0.2, -0.15) is 0 Å². The molecule has 7 heteroatoms. The molecule has 2 amide bonds. The van der Waals surface area contributed by atoms with E-state index in [-0.39, 0.29) is 19.1 Å². The number of hydrogen-bond acceptors (Lipinski definition) is 4. The van der Waals surface area contributed by atoms with Crippen molar-refractivity contribution in [2.24, 2.45) is 5.92 Å². The minimum absolute atomic E-state index is 0.255. The zero-order valence-corrected chi connectivity index (χ0v) is 11.6. The van der Waals surface area contributed by atoms with Crippen LogP contribution in [0.2, 0.25) is 0 Å². The van der Waals surface area contributed by atoms with Gasteiger partial charge in [0.05, 0.1) is 16.1 Å². The second-order valence-corrected chi connectivity index (χ2v) is 5.89. The standard InChI is InChI=1S/C13H13N3O3S/c1-7-2-3-9-10(4-7)20-12(14-9)15-13(19)16-5-8(6-16)11(17)18/h2-4,8H,5-6H2,1H3,(H,17,18)(H,14,15,19). The lowest BCUT2D eigenvalue weighted by atomic mass is 10.0. The van der Waals surface area contributed by atoms with Gasteiger partial charge in [-0.3, -0.25) is 10.1 Å². The van der Waals surface area contributed by atoms with E-state index in [0.29, 0.717) is 5.13 Å². The Hall–Kier alpha value is -2.15. The number of aromatic nitrogens is 1. The summed E-state index contributed by atoms with van der Waals surface area (Å²) in [6.45, 7) is 2.51. The molecule has 2 heterocycles. The number of carboxylic acids is 1. The molecule has 0 atom stereocenters. The first-order valence-electron chi connectivity index (χ1n) is 6.19. The molecule has 1 aliphatic rings. The van der Waals surface area contributed by atoms with Crippen molar-refractivity contribution in [1.82, 2.24) is 9.88 Å². The molecule has 104 valence electrons. The maximum atomic E-state index is 11.9. The van der Waals surface area contributed by atoms with E-state index < -0.39 is 11.9 Å². The number of hydrogen-bond donors (Lipinski definition) is 2. The smallest absolute Gasteiger partial charge is 0.323 e. The predicted molar refractivity (Wildman–Crippen MR) is 76.1 cm³/mol. The molecule has 0 saturated carbocycles. The van der Waals surface area contributed by atoms with Gasteiger partial charge in [-0.05, 0) is 24.6 Å². The first-order valence-corrected chi connectivity index (χ1v) is 7.00. The van der Waals surface area contributed by atoms with E-state index in [1.54, 1.807) is 0 Å². The van der Waals surface area contributed by atoms with Crippen LogP contribution in [-0.2, 0) is 4.79 Å². The fraction of sp³-hybridized carbons (Fsp3) is 0.308. The van der Waals surface area contributed by atoms with Crippen LogP contribution in [0.1, 0.15) is 5.56 Å². The summed E-state index contributed by atoms with van der Waals surface area (Å²) in [5.74, 6) is -1.30. The van der Waals surface area contributed by atoms with Gasteiger partial charge in [0.1, 0.15) is 0 Å². The SMILES string of the molecule is Cc1ccc2nc(NC(=O)N3CC(C(=O)O)C3)sc2c1. The highest BCUT2D eigenvalue weighted by Crippen LogP contribution is 2.27. The molecule has 1 aliphatic heterocycles. The molecule has 1 aromatic carbocycles. The second kappa shape index (κ2) is 4.75. The number of urea groups is 1. The molecule has 0 bridgehead atoms. The summed E-state index contributed by atoms with van der Waals surface area (Å²) in [4.78, 5) is 28.4. The monoisotopic (exact) mass is 291 g/mol. The number of benzene rings is 1. The Labute approximate surface area is 119 Å². The van der Waals surface area contributed by atoms with Crippen LogP contribution in [0, 0.1) is 12.8 Å². The number of carbonyl (C=O) groups is 2. The van der Waals surface area contributed by atoms with Crippen molar-refractivity contribution < 1.29 is 14.7 Å². The van der Waals surface area contributed by atoms with Crippen molar-refractivity contribution in [2.45, 2.75) is 6.92 Å². The van der Waals surface area contributed by atoms with E-state index in [4.69, 9.17) is 5.11 Å². The number of nitrogens with zero attached hydrogens (tertiary/aromatic N) is 2. The summed E-state index contributed by atoms with van der Waals surface area (Å²) < 4.78 is 1.02. The number of aryl methyl sites for hydroxylation is 1. The number of likely N-dealkylation sites (tertiary alicyclic amines) is 1. The van der Waals surface area contributed by atoms with E-state index in [2.05, 4.69) is 10.3 Å². The van der Waals surface area contributed by atoms with Gasteiger partial charge in [-0.25, -0.2) is 9.78 Å². The maximum absolute atomic E-state index is 11.9. The zero-order chi connectivity index (χ0) is 14.3. The number of carboxylic acid groups (broad SMARTS) is 1. The molecule has 1 fully saturated rings. The number of aliphatic carboxylic acids is 1. The van der Waals surface area contributed by atoms with Crippen LogP contribution in [0.25, 0.3) is 10.2 Å². The normalized spacial score (nSPS) is 15.2. The Bertz CT molecular complexity index is 691. The predicted octanol–water partition coefficient (Wildman–Crippen LogP) is 2.15. The highest BCUT2D eigenvalue weighted by molar-refractivity contribution is 7.22. The number of anilines is 1. The van der Waals surface area contributed by atoms with E-state index in [1.165, 1.54) is 16.2 Å². The van der Waals surface area contributed by atoms with Gasteiger partial charge in [0.2, 0.25) is 0 Å².